The molecule has 1 fully saturated rings. The van der Waals surface area contributed by atoms with Gasteiger partial charge in [-0.1, -0.05) is 31.4 Å². The molecule has 0 aliphatic heterocycles. The van der Waals surface area contributed by atoms with Crippen molar-refractivity contribution in [1.82, 2.24) is 5.32 Å². The van der Waals surface area contributed by atoms with Gasteiger partial charge < -0.3 is 15.7 Å². The summed E-state index contributed by atoms with van der Waals surface area (Å²) in [6.45, 7) is 2.86. The van der Waals surface area contributed by atoms with Crippen LogP contribution >= 0.6 is 11.6 Å². The van der Waals surface area contributed by atoms with Crippen LogP contribution in [0, 0.1) is 11.8 Å². The number of amides is 2. The molecule has 1 aliphatic rings. The summed E-state index contributed by atoms with van der Waals surface area (Å²) in [4.78, 5) is 22.7. The molecule has 0 bridgehead atoms. The van der Waals surface area contributed by atoms with Gasteiger partial charge in [0.25, 0.3) is 0 Å². The molecule has 0 radical (unpaired) electrons. The molecule has 3 N–H and O–H groups in total. The highest BCUT2D eigenvalue weighted by Crippen LogP contribution is 2.30. The zero-order valence-electron chi connectivity index (χ0n) is 11.9. The van der Waals surface area contributed by atoms with Gasteiger partial charge in [0.15, 0.2) is 0 Å². The van der Waals surface area contributed by atoms with Crippen molar-refractivity contribution in [2.45, 2.75) is 26.2 Å². The van der Waals surface area contributed by atoms with Crippen LogP contribution in [0.3, 0.4) is 0 Å². The number of anilines is 1. The summed E-state index contributed by atoms with van der Waals surface area (Å²) in [5, 5.41) is 14.5. The maximum absolute atomic E-state index is 11.8. The Morgan fingerprint density at radius 1 is 1.38 bits per heavy atom. The number of halogens is 1. The molecule has 21 heavy (non-hydrogen) atoms. The molecule has 1 aromatic rings. The normalized spacial score (nSPS) is 21.0. The lowest BCUT2D eigenvalue weighted by Crippen LogP contribution is -2.33. The fourth-order valence-corrected chi connectivity index (χ4v) is 2.89. The van der Waals surface area contributed by atoms with Crippen molar-refractivity contribution in [3.8, 4) is 0 Å². The van der Waals surface area contributed by atoms with E-state index in [9.17, 15) is 9.59 Å². The first-order valence-electron chi connectivity index (χ1n) is 7.05. The van der Waals surface area contributed by atoms with E-state index in [-0.39, 0.29) is 16.6 Å². The molecule has 114 valence electrons. The van der Waals surface area contributed by atoms with Crippen molar-refractivity contribution in [3.05, 3.63) is 28.8 Å². The number of aromatic carboxylic acids is 1. The van der Waals surface area contributed by atoms with Crippen LogP contribution in [0.2, 0.25) is 5.02 Å². The molecular formula is C15H19ClN2O3. The van der Waals surface area contributed by atoms with Crippen LogP contribution in [0.25, 0.3) is 0 Å². The first kappa shape index (κ1) is 15.6. The number of rotatable bonds is 4. The van der Waals surface area contributed by atoms with Gasteiger partial charge in [0, 0.05) is 6.54 Å². The maximum atomic E-state index is 11.8. The molecule has 1 aromatic carbocycles. The van der Waals surface area contributed by atoms with Crippen molar-refractivity contribution < 1.29 is 14.7 Å². The molecule has 2 rings (SSSR count). The minimum absolute atomic E-state index is 0.0886. The van der Waals surface area contributed by atoms with Crippen LogP contribution in [0.15, 0.2) is 18.2 Å². The Kier molecular flexibility index (Phi) is 5.07. The first-order valence-corrected chi connectivity index (χ1v) is 7.43. The Hall–Kier alpha value is -1.75. The van der Waals surface area contributed by atoms with E-state index < -0.39 is 5.97 Å². The van der Waals surface area contributed by atoms with E-state index in [1.54, 1.807) is 0 Å². The number of benzene rings is 1. The van der Waals surface area contributed by atoms with E-state index in [4.69, 9.17) is 16.7 Å². The van der Waals surface area contributed by atoms with Crippen LogP contribution < -0.4 is 10.6 Å². The molecule has 0 heterocycles. The monoisotopic (exact) mass is 310 g/mol. The Morgan fingerprint density at radius 3 is 2.71 bits per heavy atom. The maximum Gasteiger partial charge on any atom is 0.335 e. The van der Waals surface area contributed by atoms with E-state index in [1.807, 2.05) is 0 Å². The molecular weight excluding hydrogens is 292 g/mol. The highest BCUT2D eigenvalue weighted by molar-refractivity contribution is 6.34. The van der Waals surface area contributed by atoms with Gasteiger partial charge in [0.2, 0.25) is 0 Å². The number of carbonyl (C=O) groups excluding carboxylic acids is 1. The van der Waals surface area contributed by atoms with E-state index in [0.29, 0.717) is 24.1 Å². The number of hydrogen-bond donors (Lipinski definition) is 3. The second-order valence-electron chi connectivity index (χ2n) is 5.50. The van der Waals surface area contributed by atoms with Crippen molar-refractivity contribution in [2.75, 3.05) is 11.9 Å². The third-order valence-corrected chi connectivity index (χ3v) is 4.34. The fraction of sp³-hybridized carbons (Fsp3) is 0.467. The Balaban J connectivity index is 1.89. The molecule has 5 nitrogen and oxygen atoms in total. The Bertz CT molecular complexity index is 548. The van der Waals surface area contributed by atoms with Gasteiger partial charge in [-0.3, -0.25) is 0 Å². The predicted molar refractivity (Wildman–Crippen MR) is 81.9 cm³/mol. The lowest BCUT2D eigenvalue weighted by molar-refractivity contribution is 0.0697. The SMILES string of the molecule is CC1CCCC1CNC(=O)Nc1ccc(C(=O)O)cc1Cl. The number of carboxylic acids is 1. The van der Waals surface area contributed by atoms with Crippen molar-refractivity contribution in [3.63, 3.8) is 0 Å². The van der Waals surface area contributed by atoms with Gasteiger partial charge in [-0.15, -0.1) is 0 Å². The summed E-state index contributed by atoms with van der Waals surface area (Å²) in [7, 11) is 0. The Morgan fingerprint density at radius 2 is 2.14 bits per heavy atom. The molecule has 1 saturated carbocycles. The summed E-state index contributed by atoms with van der Waals surface area (Å²) < 4.78 is 0. The van der Waals surface area contributed by atoms with Crippen LogP contribution in [0.1, 0.15) is 36.5 Å². The average Bonchev–Trinajstić information content (AvgIpc) is 2.84. The molecule has 2 amide bonds. The first-order chi connectivity index (χ1) is 9.97. The zero-order valence-corrected chi connectivity index (χ0v) is 12.6. The summed E-state index contributed by atoms with van der Waals surface area (Å²) in [6.07, 6.45) is 3.59. The molecule has 0 spiro atoms. The highest BCUT2D eigenvalue weighted by Gasteiger charge is 2.23. The smallest absolute Gasteiger partial charge is 0.335 e. The standard InChI is InChI=1S/C15H19ClN2O3/c1-9-3-2-4-11(9)8-17-15(21)18-13-6-5-10(14(19)20)7-12(13)16/h5-7,9,11H,2-4,8H2,1H3,(H,19,20)(H2,17,18,21). The molecule has 2 atom stereocenters. The summed E-state index contributed by atoms with van der Waals surface area (Å²) in [5.41, 5.74) is 0.490. The van der Waals surface area contributed by atoms with Gasteiger partial charge >= 0.3 is 12.0 Å². The van der Waals surface area contributed by atoms with Gasteiger partial charge in [0.1, 0.15) is 0 Å². The van der Waals surface area contributed by atoms with Crippen molar-refractivity contribution in [2.24, 2.45) is 11.8 Å². The van der Waals surface area contributed by atoms with Crippen LogP contribution in [-0.2, 0) is 0 Å². The van der Waals surface area contributed by atoms with E-state index >= 15 is 0 Å². The molecule has 0 saturated heterocycles. The third kappa shape index (κ3) is 4.11. The number of carbonyl (C=O) groups is 2. The molecule has 6 heteroatoms. The minimum Gasteiger partial charge on any atom is -0.478 e. The second-order valence-corrected chi connectivity index (χ2v) is 5.91. The van der Waals surface area contributed by atoms with Crippen molar-refractivity contribution in [1.29, 1.82) is 0 Å². The van der Waals surface area contributed by atoms with Crippen LogP contribution in [0.5, 0.6) is 0 Å². The van der Waals surface area contributed by atoms with Crippen LogP contribution in [0.4, 0.5) is 10.5 Å². The summed E-state index contributed by atoms with van der Waals surface area (Å²) in [6, 6.07) is 3.89. The molecule has 2 unspecified atom stereocenters. The quantitative estimate of drug-likeness (QED) is 0.795. The molecule has 1 aliphatic carbocycles. The minimum atomic E-state index is -1.05. The summed E-state index contributed by atoms with van der Waals surface area (Å²) >= 11 is 5.96. The number of nitrogens with one attached hydrogen (secondary N) is 2. The predicted octanol–water partition coefficient (Wildman–Crippen LogP) is 3.60. The number of carboxylic acid groups (broad SMARTS) is 1. The molecule has 0 aromatic heterocycles. The highest BCUT2D eigenvalue weighted by atomic mass is 35.5. The van der Waals surface area contributed by atoms with Gasteiger partial charge in [-0.05, 0) is 36.5 Å². The number of hydrogen-bond acceptors (Lipinski definition) is 2. The lowest BCUT2D eigenvalue weighted by Gasteiger charge is -2.16. The summed E-state index contributed by atoms with van der Waals surface area (Å²) in [5.74, 6) is 0.118. The van der Waals surface area contributed by atoms with Gasteiger partial charge in [-0.25, -0.2) is 9.59 Å². The van der Waals surface area contributed by atoms with Crippen LogP contribution in [-0.4, -0.2) is 23.7 Å². The largest absolute Gasteiger partial charge is 0.478 e. The van der Waals surface area contributed by atoms with Gasteiger partial charge in [-0.2, -0.15) is 0 Å². The topological polar surface area (TPSA) is 78.4 Å². The van der Waals surface area contributed by atoms with E-state index in [0.717, 1.165) is 6.42 Å². The zero-order chi connectivity index (χ0) is 15.4. The second kappa shape index (κ2) is 6.80. The van der Waals surface area contributed by atoms with E-state index in [1.165, 1.54) is 31.0 Å². The van der Waals surface area contributed by atoms with Gasteiger partial charge in [0.05, 0.1) is 16.3 Å². The average molecular weight is 311 g/mol. The third-order valence-electron chi connectivity index (χ3n) is 4.03. The van der Waals surface area contributed by atoms with E-state index in [2.05, 4.69) is 17.6 Å². The fourth-order valence-electron chi connectivity index (χ4n) is 2.67. The Labute approximate surface area is 128 Å². The van der Waals surface area contributed by atoms with Crippen molar-refractivity contribution >= 4 is 29.3 Å². The lowest BCUT2D eigenvalue weighted by atomic mass is 9.98. The number of urea groups is 1.